The summed E-state index contributed by atoms with van der Waals surface area (Å²) >= 11 is 11.7. The molecule has 0 aliphatic carbocycles. The van der Waals surface area contributed by atoms with Crippen molar-refractivity contribution in [2.24, 2.45) is 0 Å². The van der Waals surface area contributed by atoms with E-state index in [1.807, 2.05) is 32.8 Å². The van der Waals surface area contributed by atoms with Crippen LogP contribution in [0.25, 0.3) is 11.5 Å². The molecular weight excluding hydrogens is 516 g/mol. The maximum absolute atomic E-state index is 13.2. The molecule has 0 amide bonds. The molecule has 0 spiro atoms. The quantitative estimate of drug-likeness (QED) is 0.451. The average Bonchev–Trinajstić information content (AvgIpc) is 3.09. The van der Waals surface area contributed by atoms with Gasteiger partial charge in [-0.05, 0) is 52.2 Å². The molecule has 0 aliphatic rings. The third kappa shape index (κ3) is 5.62. The van der Waals surface area contributed by atoms with Crippen LogP contribution in [0.5, 0.6) is 0 Å². The van der Waals surface area contributed by atoms with Gasteiger partial charge in [0.1, 0.15) is 11.5 Å². The van der Waals surface area contributed by atoms with Gasteiger partial charge in [-0.3, -0.25) is 4.72 Å². The molecule has 3 aromatic rings. The minimum Gasteiger partial charge on any atom is -0.306 e. The summed E-state index contributed by atoms with van der Waals surface area (Å²) in [4.78, 5) is 5.50. The van der Waals surface area contributed by atoms with Gasteiger partial charge in [-0.2, -0.15) is 13.2 Å². The van der Waals surface area contributed by atoms with Gasteiger partial charge < -0.3 is 9.47 Å². The summed E-state index contributed by atoms with van der Waals surface area (Å²) in [7, 11) is -0.755. The van der Waals surface area contributed by atoms with Crippen LogP contribution in [0.1, 0.15) is 31.3 Å². The molecule has 2 aromatic heterocycles. The number of anilines is 1. The second-order valence-corrected chi connectivity index (χ2v) is 10.5. The molecule has 0 aliphatic heterocycles. The molecule has 0 bridgehead atoms. The van der Waals surface area contributed by atoms with Gasteiger partial charge in [0.15, 0.2) is 5.82 Å². The Morgan fingerprint density at radius 2 is 1.82 bits per heavy atom. The molecule has 1 N–H and O–H groups in total. The lowest BCUT2D eigenvalue weighted by Crippen LogP contribution is -2.18. The third-order valence-electron chi connectivity index (χ3n) is 4.60. The van der Waals surface area contributed by atoms with E-state index in [1.54, 1.807) is 4.57 Å². The zero-order chi connectivity index (χ0) is 25.4. The van der Waals surface area contributed by atoms with Crippen molar-refractivity contribution in [3.05, 3.63) is 51.9 Å². The van der Waals surface area contributed by atoms with E-state index in [0.29, 0.717) is 18.4 Å². The van der Waals surface area contributed by atoms with Crippen LogP contribution in [-0.4, -0.2) is 47.2 Å². The second-order valence-electron chi connectivity index (χ2n) is 7.94. The Kier molecular flexibility index (Phi) is 7.46. The number of rotatable bonds is 7. The van der Waals surface area contributed by atoms with Crippen molar-refractivity contribution in [3.8, 4) is 11.5 Å². The first-order chi connectivity index (χ1) is 15.7. The summed E-state index contributed by atoms with van der Waals surface area (Å²) in [5, 5.41) is 7.89. The largest absolute Gasteiger partial charge is 0.417 e. The Bertz CT molecular complexity index is 1310. The summed E-state index contributed by atoms with van der Waals surface area (Å²) in [6.45, 7) is 4.27. The number of alkyl halides is 3. The van der Waals surface area contributed by atoms with Crippen LogP contribution in [-0.2, 0) is 22.7 Å². The van der Waals surface area contributed by atoms with Gasteiger partial charge in [0.05, 0.1) is 32.7 Å². The number of nitrogens with one attached hydrogen (secondary N) is 1. The van der Waals surface area contributed by atoms with E-state index in [2.05, 4.69) is 19.9 Å². The zero-order valence-electron chi connectivity index (χ0n) is 18.5. The lowest BCUT2D eigenvalue weighted by Gasteiger charge is -2.18. The normalized spacial score (nSPS) is 12.6. The molecular formula is C20H21Cl2F3N6O2S. The van der Waals surface area contributed by atoms with Gasteiger partial charge in [0.25, 0.3) is 10.0 Å². The molecule has 0 saturated heterocycles. The summed E-state index contributed by atoms with van der Waals surface area (Å²) in [5.74, 6) is 0.890. The van der Waals surface area contributed by atoms with E-state index < -0.39 is 31.7 Å². The summed E-state index contributed by atoms with van der Waals surface area (Å²) in [6, 6.07) is 3.51. The topological polar surface area (TPSA) is 93.0 Å². The molecule has 0 unspecified atom stereocenters. The van der Waals surface area contributed by atoms with Crippen LogP contribution in [0.2, 0.25) is 10.0 Å². The van der Waals surface area contributed by atoms with Crippen LogP contribution in [0.3, 0.4) is 0 Å². The number of hydrogen-bond acceptors (Lipinski definition) is 6. The summed E-state index contributed by atoms with van der Waals surface area (Å²) in [5.41, 5.74) is -1.22. The first-order valence-corrected chi connectivity index (χ1v) is 12.1. The molecule has 0 fully saturated rings. The van der Waals surface area contributed by atoms with Crippen molar-refractivity contribution >= 4 is 38.9 Å². The Morgan fingerprint density at radius 3 is 2.41 bits per heavy atom. The van der Waals surface area contributed by atoms with Gasteiger partial charge >= 0.3 is 6.18 Å². The fourth-order valence-corrected chi connectivity index (χ4v) is 4.67. The zero-order valence-corrected chi connectivity index (χ0v) is 20.9. The monoisotopic (exact) mass is 536 g/mol. The number of hydrogen-bond donors (Lipinski definition) is 1. The minimum atomic E-state index is -4.83. The van der Waals surface area contributed by atoms with E-state index in [0.717, 1.165) is 12.1 Å². The van der Waals surface area contributed by atoms with Crippen LogP contribution in [0.15, 0.2) is 35.4 Å². The molecule has 0 atom stereocenters. The second kappa shape index (κ2) is 9.68. The van der Waals surface area contributed by atoms with Crippen molar-refractivity contribution in [2.75, 3.05) is 18.8 Å². The van der Waals surface area contributed by atoms with Crippen LogP contribution in [0.4, 0.5) is 18.9 Å². The first kappa shape index (κ1) is 26.2. The Labute approximate surface area is 204 Å². The van der Waals surface area contributed by atoms with E-state index >= 15 is 0 Å². The molecule has 1 aromatic carbocycles. The van der Waals surface area contributed by atoms with E-state index in [9.17, 15) is 21.6 Å². The number of aromatic nitrogens is 4. The predicted octanol–water partition coefficient (Wildman–Crippen LogP) is 5.11. The lowest BCUT2D eigenvalue weighted by atomic mass is 10.2. The number of pyridine rings is 1. The highest BCUT2D eigenvalue weighted by molar-refractivity contribution is 7.92. The number of halogens is 5. The third-order valence-corrected chi connectivity index (χ3v) is 6.50. The van der Waals surface area contributed by atoms with Crippen molar-refractivity contribution in [2.45, 2.75) is 37.5 Å². The van der Waals surface area contributed by atoms with Crippen molar-refractivity contribution < 1.29 is 21.6 Å². The van der Waals surface area contributed by atoms with Crippen LogP contribution in [0, 0.1) is 0 Å². The van der Waals surface area contributed by atoms with Crippen molar-refractivity contribution in [3.63, 3.8) is 0 Å². The van der Waals surface area contributed by atoms with Gasteiger partial charge in [-0.15, -0.1) is 10.2 Å². The molecule has 14 heteroatoms. The van der Waals surface area contributed by atoms with E-state index in [1.165, 1.54) is 12.3 Å². The van der Waals surface area contributed by atoms with Gasteiger partial charge in [-0.1, -0.05) is 23.2 Å². The lowest BCUT2D eigenvalue weighted by molar-refractivity contribution is -0.137. The predicted molar refractivity (Wildman–Crippen MR) is 123 cm³/mol. The molecule has 2 heterocycles. The minimum absolute atomic E-state index is 0.0679. The first-order valence-electron chi connectivity index (χ1n) is 9.84. The highest BCUT2D eigenvalue weighted by atomic mass is 35.5. The standard InChI is InChI=1S/C20H21Cl2F3N6O2S/c1-11(2)31-17(10-30(3)4)27-28-19(31)18-16(7-12(21)9-26-18)29-34(32,33)13-5-6-15(22)14(8-13)20(23,24)25/h5-9,11,29H,10H2,1-4H3. The number of sulfonamides is 1. The SMILES string of the molecule is CC(C)n1c(CN(C)C)nnc1-c1ncc(Cl)cc1NS(=O)(=O)c1ccc(Cl)c(C(F)(F)F)c1. The fraction of sp³-hybridized carbons (Fsp3) is 0.350. The highest BCUT2D eigenvalue weighted by Gasteiger charge is 2.35. The van der Waals surface area contributed by atoms with Crippen molar-refractivity contribution in [1.82, 2.24) is 24.6 Å². The maximum Gasteiger partial charge on any atom is 0.417 e. The molecule has 8 nitrogen and oxygen atoms in total. The van der Waals surface area contributed by atoms with E-state index in [4.69, 9.17) is 23.2 Å². The van der Waals surface area contributed by atoms with Gasteiger partial charge in [0, 0.05) is 12.2 Å². The molecule has 184 valence electrons. The van der Waals surface area contributed by atoms with Crippen molar-refractivity contribution in [1.29, 1.82) is 0 Å². The molecule has 34 heavy (non-hydrogen) atoms. The molecule has 0 saturated carbocycles. The van der Waals surface area contributed by atoms with Crippen LogP contribution < -0.4 is 4.72 Å². The Morgan fingerprint density at radius 1 is 1.15 bits per heavy atom. The number of nitrogens with zero attached hydrogens (tertiary/aromatic N) is 5. The maximum atomic E-state index is 13.2. The van der Waals surface area contributed by atoms with Crippen LogP contribution >= 0.6 is 23.2 Å². The van der Waals surface area contributed by atoms with E-state index in [-0.39, 0.29) is 28.3 Å². The van der Waals surface area contributed by atoms with Gasteiger partial charge in [0.2, 0.25) is 0 Å². The Balaban J connectivity index is 2.11. The van der Waals surface area contributed by atoms with Gasteiger partial charge in [-0.25, -0.2) is 13.4 Å². The molecule has 3 rings (SSSR count). The fourth-order valence-electron chi connectivity index (χ4n) is 3.21. The highest BCUT2D eigenvalue weighted by Crippen LogP contribution is 2.37. The summed E-state index contributed by atoms with van der Waals surface area (Å²) in [6.07, 6.45) is -3.52. The molecule has 0 radical (unpaired) electrons. The average molecular weight is 537 g/mol. The smallest absolute Gasteiger partial charge is 0.306 e. The summed E-state index contributed by atoms with van der Waals surface area (Å²) < 4.78 is 69.8. The Hall–Kier alpha value is -2.41. The number of benzene rings is 1.